The van der Waals surface area contributed by atoms with E-state index in [0.717, 1.165) is 0 Å². The number of hydrogen-bond acceptors (Lipinski definition) is 5. The summed E-state index contributed by atoms with van der Waals surface area (Å²) in [4.78, 5) is 4.04. The second kappa shape index (κ2) is 5.61. The lowest BCUT2D eigenvalue weighted by Gasteiger charge is -2.06. The largest absolute Gasteiger partial charge is 0.495 e. The zero-order valence-corrected chi connectivity index (χ0v) is 12.3. The molecule has 0 radical (unpaired) electrons. The highest BCUT2D eigenvalue weighted by molar-refractivity contribution is 6.32. The number of pyridine rings is 1. The molecule has 6 nitrogen and oxygen atoms in total. The first-order valence-electron chi connectivity index (χ1n) is 6.25. The molecule has 112 valence electrons. The van der Waals surface area contributed by atoms with Crippen molar-refractivity contribution in [3.8, 4) is 22.7 Å². The molecule has 0 aliphatic rings. The fourth-order valence-corrected chi connectivity index (χ4v) is 2.18. The minimum absolute atomic E-state index is 0.0144. The van der Waals surface area contributed by atoms with Gasteiger partial charge >= 0.3 is 0 Å². The predicted octanol–water partition coefficient (Wildman–Crippen LogP) is 2.71. The van der Waals surface area contributed by atoms with Gasteiger partial charge in [-0.2, -0.15) is 0 Å². The maximum absolute atomic E-state index is 14.1. The van der Waals surface area contributed by atoms with Crippen LogP contribution >= 0.6 is 11.6 Å². The Morgan fingerprint density at radius 2 is 2.14 bits per heavy atom. The van der Waals surface area contributed by atoms with E-state index >= 15 is 0 Å². The Bertz CT molecular complexity index is 836. The van der Waals surface area contributed by atoms with Gasteiger partial charge in [-0.15, -0.1) is 5.10 Å². The van der Waals surface area contributed by atoms with E-state index in [9.17, 15) is 4.39 Å². The lowest BCUT2D eigenvalue weighted by atomic mass is 10.2. The molecule has 2 N–H and O–H groups in total. The summed E-state index contributed by atoms with van der Waals surface area (Å²) in [6.45, 7) is 0. The van der Waals surface area contributed by atoms with E-state index in [1.54, 1.807) is 31.8 Å². The van der Waals surface area contributed by atoms with Gasteiger partial charge in [-0.05, 0) is 18.2 Å². The summed E-state index contributed by atoms with van der Waals surface area (Å²) >= 11 is 6.02. The highest BCUT2D eigenvalue weighted by atomic mass is 35.5. The van der Waals surface area contributed by atoms with E-state index in [0.29, 0.717) is 17.0 Å². The molecule has 0 bridgehead atoms. The van der Waals surface area contributed by atoms with Crippen LogP contribution in [0.4, 0.5) is 10.1 Å². The first-order valence-corrected chi connectivity index (χ1v) is 6.63. The molecule has 0 amide bonds. The first kappa shape index (κ1) is 14.3. The van der Waals surface area contributed by atoms with E-state index in [1.165, 1.54) is 16.8 Å². The number of benzene rings is 1. The van der Waals surface area contributed by atoms with Crippen molar-refractivity contribution in [3.05, 3.63) is 47.6 Å². The Kier molecular flexibility index (Phi) is 3.64. The second-order valence-electron chi connectivity index (χ2n) is 4.46. The van der Waals surface area contributed by atoms with Gasteiger partial charge in [0.15, 0.2) is 5.82 Å². The van der Waals surface area contributed by atoms with Gasteiger partial charge in [0.05, 0.1) is 30.2 Å². The molecule has 0 aliphatic carbocycles. The number of ether oxygens (including phenoxy) is 1. The summed E-state index contributed by atoms with van der Waals surface area (Å²) in [7, 11) is 1.54. The third-order valence-electron chi connectivity index (χ3n) is 3.06. The van der Waals surface area contributed by atoms with E-state index in [1.807, 2.05) is 0 Å². The summed E-state index contributed by atoms with van der Waals surface area (Å²) in [5.74, 6) is -0.0621. The number of hydrogen-bond donors (Lipinski definition) is 1. The molecule has 0 spiro atoms. The molecule has 0 unspecified atom stereocenters. The van der Waals surface area contributed by atoms with Gasteiger partial charge in [0, 0.05) is 11.8 Å². The lowest BCUT2D eigenvalue weighted by molar-refractivity contribution is 0.413. The van der Waals surface area contributed by atoms with Crippen LogP contribution in [0.1, 0.15) is 0 Å². The molecule has 2 aromatic heterocycles. The van der Waals surface area contributed by atoms with E-state index < -0.39 is 5.82 Å². The molecular formula is C14H11ClFN5O. The average Bonchev–Trinajstić information content (AvgIpc) is 3.01. The number of anilines is 1. The van der Waals surface area contributed by atoms with Crippen molar-refractivity contribution >= 4 is 17.3 Å². The fraction of sp³-hybridized carbons (Fsp3) is 0.0714. The monoisotopic (exact) mass is 319 g/mol. The molecular weight excluding hydrogens is 309 g/mol. The van der Waals surface area contributed by atoms with Crippen LogP contribution in [0.2, 0.25) is 5.02 Å². The summed E-state index contributed by atoms with van der Waals surface area (Å²) in [5.41, 5.74) is 6.79. The molecule has 8 heteroatoms. The Balaban J connectivity index is 2.06. The Morgan fingerprint density at radius 1 is 1.32 bits per heavy atom. The summed E-state index contributed by atoms with van der Waals surface area (Å²) in [5, 5.41) is 8.09. The van der Waals surface area contributed by atoms with Gasteiger partial charge in [-0.3, -0.25) is 4.98 Å². The van der Waals surface area contributed by atoms with Crippen molar-refractivity contribution in [2.24, 2.45) is 0 Å². The molecule has 0 saturated heterocycles. The highest BCUT2D eigenvalue weighted by Crippen LogP contribution is 2.28. The highest BCUT2D eigenvalue weighted by Gasteiger charge is 2.15. The topological polar surface area (TPSA) is 78.9 Å². The predicted molar refractivity (Wildman–Crippen MR) is 80.5 cm³/mol. The van der Waals surface area contributed by atoms with Crippen LogP contribution < -0.4 is 10.5 Å². The van der Waals surface area contributed by atoms with E-state index in [-0.39, 0.29) is 16.4 Å². The molecule has 1 aromatic carbocycles. The van der Waals surface area contributed by atoms with Crippen LogP contribution in [0, 0.1) is 5.82 Å². The number of halogens is 2. The van der Waals surface area contributed by atoms with Crippen LogP contribution in [0.5, 0.6) is 5.75 Å². The summed E-state index contributed by atoms with van der Waals surface area (Å²) < 4.78 is 20.5. The van der Waals surface area contributed by atoms with E-state index in [2.05, 4.69) is 15.3 Å². The maximum Gasteiger partial charge on any atom is 0.173 e. The fourth-order valence-electron chi connectivity index (χ4n) is 1.94. The van der Waals surface area contributed by atoms with Crippen molar-refractivity contribution in [2.45, 2.75) is 0 Å². The van der Waals surface area contributed by atoms with Crippen LogP contribution in [0.25, 0.3) is 16.9 Å². The van der Waals surface area contributed by atoms with Crippen LogP contribution in [0.3, 0.4) is 0 Å². The van der Waals surface area contributed by atoms with Crippen molar-refractivity contribution in [3.63, 3.8) is 0 Å². The van der Waals surface area contributed by atoms with Gasteiger partial charge in [-0.25, -0.2) is 9.07 Å². The van der Waals surface area contributed by atoms with Crippen molar-refractivity contribution in [1.29, 1.82) is 0 Å². The van der Waals surface area contributed by atoms with Crippen molar-refractivity contribution < 1.29 is 9.13 Å². The standard InChI is InChI=1S/C14H11ClFN5O/c1-22-9-4-8(5-18-6-9)12-7-21(20-19-12)14-10(15)2-3-11(17)13(14)16/h2-7H,17H2,1H3. The van der Waals surface area contributed by atoms with Gasteiger partial charge < -0.3 is 10.5 Å². The molecule has 3 rings (SSSR count). The molecule has 0 aliphatic heterocycles. The maximum atomic E-state index is 14.1. The van der Waals surface area contributed by atoms with Crippen molar-refractivity contribution in [1.82, 2.24) is 20.0 Å². The number of rotatable bonds is 3. The van der Waals surface area contributed by atoms with Crippen LogP contribution in [-0.2, 0) is 0 Å². The quantitative estimate of drug-likeness (QED) is 0.751. The zero-order valence-electron chi connectivity index (χ0n) is 11.5. The minimum Gasteiger partial charge on any atom is -0.495 e. The van der Waals surface area contributed by atoms with Gasteiger partial charge in [0.25, 0.3) is 0 Å². The average molecular weight is 320 g/mol. The number of methoxy groups -OCH3 is 1. The summed E-state index contributed by atoms with van der Waals surface area (Å²) in [6, 6.07) is 4.65. The molecule has 22 heavy (non-hydrogen) atoms. The smallest absolute Gasteiger partial charge is 0.173 e. The second-order valence-corrected chi connectivity index (χ2v) is 4.87. The van der Waals surface area contributed by atoms with Crippen LogP contribution in [0.15, 0.2) is 36.8 Å². The molecule has 0 atom stereocenters. The van der Waals surface area contributed by atoms with Crippen molar-refractivity contribution in [2.75, 3.05) is 12.8 Å². The first-order chi connectivity index (χ1) is 10.6. The normalized spacial score (nSPS) is 10.7. The Morgan fingerprint density at radius 3 is 2.91 bits per heavy atom. The Labute approximate surface area is 130 Å². The number of nitrogens with zero attached hydrogens (tertiary/aromatic N) is 4. The SMILES string of the molecule is COc1cncc(-c2cn(-c3c(Cl)ccc(N)c3F)nn2)c1. The van der Waals surface area contributed by atoms with Gasteiger partial charge in [0.1, 0.15) is 17.1 Å². The zero-order chi connectivity index (χ0) is 15.7. The van der Waals surface area contributed by atoms with Gasteiger partial charge in [-0.1, -0.05) is 16.8 Å². The summed E-state index contributed by atoms with van der Waals surface area (Å²) in [6.07, 6.45) is 4.72. The third kappa shape index (κ3) is 2.46. The minimum atomic E-state index is -0.646. The van der Waals surface area contributed by atoms with Crippen LogP contribution in [-0.4, -0.2) is 27.1 Å². The third-order valence-corrected chi connectivity index (χ3v) is 3.37. The number of nitrogen functional groups attached to an aromatic ring is 1. The molecule has 0 saturated carbocycles. The van der Waals surface area contributed by atoms with E-state index in [4.69, 9.17) is 22.1 Å². The molecule has 2 heterocycles. The number of nitrogens with two attached hydrogens (primary N) is 1. The molecule has 0 fully saturated rings. The lowest BCUT2D eigenvalue weighted by Crippen LogP contribution is -2.03. The van der Waals surface area contributed by atoms with Gasteiger partial charge in [0.2, 0.25) is 0 Å². The number of aromatic nitrogens is 4. The molecule has 3 aromatic rings. The Hall–Kier alpha value is -2.67.